The number of carbonyl (C=O) groups is 4. The highest BCUT2D eigenvalue weighted by Gasteiger charge is 2.25. The maximum absolute atomic E-state index is 12.9. The van der Waals surface area contributed by atoms with Crippen LogP contribution in [0.2, 0.25) is 0 Å². The molecule has 0 radical (unpaired) electrons. The number of nitrogens with one attached hydrogen (secondary N) is 2. The number of para-hydroxylation sites is 2. The van der Waals surface area contributed by atoms with E-state index in [1.54, 1.807) is 36.4 Å². The number of ketones is 2. The Morgan fingerprint density at radius 1 is 0.534 bits per heavy atom. The summed E-state index contributed by atoms with van der Waals surface area (Å²) in [6, 6.07) is 54.2. The third kappa shape index (κ3) is 14.4. The number of fused-ring (bicyclic) bond motifs is 2. The smallest absolute Gasteiger partial charge is 0.409 e. The molecule has 4 N–H and O–H groups in total. The van der Waals surface area contributed by atoms with Crippen LogP contribution >= 0.6 is 11.6 Å². The molecule has 73 heavy (non-hydrogen) atoms. The van der Waals surface area contributed by atoms with Crippen LogP contribution in [0.4, 0.5) is 21.9 Å². The van der Waals surface area contributed by atoms with Gasteiger partial charge in [-0.1, -0.05) is 84.9 Å². The molecule has 4 heterocycles. The standard InChI is InChI=1S/C31H28N2O3.C23H23N3O.C7H5ClO2/c1-20-13-25(14-21(2)32-20)23-7-6-8-24(17-23)30-19-27(34)18-26-15-22(11-12-29(26)33-30)16-31(35)36-28-9-4-3-5-10-28;1-14-8-18(9-15(2)25-14)16-4-3-5-17(10-16)23-13-21(27)12-19-11-20(24)6-7-22(19)26-23;8-7(9)10-6-4-2-1-3-5-6/h3-15,17,30,33H,16,18-19H2,1-2H3;3-11,23,26H,12-13,24H2,1-2H3;1-5H. The molecule has 8 aromatic rings. The van der Waals surface area contributed by atoms with Crippen LogP contribution in [0.3, 0.4) is 0 Å². The van der Waals surface area contributed by atoms with Crippen LogP contribution in [0.5, 0.6) is 11.5 Å². The number of anilines is 3. The number of carbonyl (C=O) groups excluding carboxylic acids is 4. The quantitative estimate of drug-likeness (QED) is 0.0575. The Hall–Kier alpha value is -8.41. The summed E-state index contributed by atoms with van der Waals surface area (Å²) in [7, 11) is 0. The molecular formula is C61H56ClN5O6. The highest BCUT2D eigenvalue weighted by Crippen LogP contribution is 2.35. The number of aryl methyl sites for hydroxylation is 4. The third-order valence-corrected chi connectivity index (χ3v) is 12.3. The van der Waals surface area contributed by atoms with E-state index >= 15 is 0 Å². The second-order valence-corrected chi connectivity index (χ2v) is 18.6. The fourth-order valence-electron chi connectivity index (χ4n) is 9.13. The predicted molar refractivity (Wildman–Crippen MR) is 289 cm³/mol. The summed E-state index contributed by atoms with van der Waals surface area (Å²) in [5.41, 5.74) is 21.0. The van der Waals surface area contributed by atoms with Crippen LogP contribution in [0.25, 0.3) is 22.3 Å². The van der Waals surface area contributed by atoms with E-state index in [1.807, 2.05) is 94.4 Å². The molecular weight excluding hydrogens is 934 g/mol. The Balaban J connectivity index is 0.000000168. The second kappa shape index (κ2) is 23.7. The van der Waals surface area contributed by atoms with E-state index in [1.165, 1.54) is 0 Å². The first-order valence-electron chi connectivity index (χ1n) is 24.1. The number of halogens is 1. The maximum atomic E-state index is 12.9. The molecule has 0 saturated heterocycles. The summed E-state index contributed by atoms with van der Waals surface area (Å²) in [5.74, 6) is 1.04. The number of aromatic nitrogens is 2. The van der Waals surface area contributed by atoms with Crippen molar-refractivity contribution in [2.75, 3.05) is 16.4 Å². The minimum absolute atomic E-state index is 0.0497. The van der Waals surface area contributed by atoms with Crippen LogP contribution in [-0.2, 0) is 33.6 Å². The molecule has 0 spiro atoms. The summed E-state index contributed by atoms with van der Waals surface area (Å²) in [6.07, 6.45) is 1.77. The Morgan fingerprint density at radius 2 is 0.986 bits per heavy atom. The minimum Gasteiger partial charge on any atom is -0.426 e. The van der Waals surface area contributed by atoms with Crippen molar-refractivity contribution in [3.8, 4) is 33.8 Å². The van der Waals surface area contributed by atoms with Crippen LogP contribution in [0.15, 0.2) is 170 Å². The number of hydrogen-bond donors (Lipinski definition) is 3. The van der Waals surface area contributed by atoms with Gasteiger partial charge >= 0.3 is 11.4 Å². The molecule has 368 valence electrons. The highest BCUT2D eigenvalue weighted by molar-refractivity contribution is 6.61. The highest BCUT2D eigenvalue weighted by atomic mass is 35.5. The normalized spacial score (nSPS) is 14.6. The largest absolute Gasteiger partial charge is 0.426 e. The van der Waals surface area contributed by atoms with Gasteiger partial charge in [0.15, 0.2) is 0 Å². The Morgan fingerprint density at radius 3 is 1.47 bits per heavy atom. The van der Waals surface area contributed by atoms with Gasteiger partial charge in [-0.15, -0.1) is 0 Å². The summed E-state index contributed by atoms with van der Waals surface area (Å²) in [6.45, 7) is 8.01. The number of nitrogens with zero attached hydrogens (tertiary/aromatic N) is 2. The van der Waals surface area contributed by atoms with Crippen molar-refractivity contribution in [1.29, 1.82) is 0 Å². The number of nitrogen functional groups attached to an aromatic ring is 1. The van der Waals surface area contributed by atoms with E-state index in [0.29, 0.717) is 42.9 Å². The second-order valence-electron chi connectivity index (χ2n) is 18.3. The molecule has 2 aliphatic rings. The monoisotopic (exact) mass is 989 g/mol. The molecule has 0 amide bonds. The van der Waals surface area contributed by atoms with E-state index in [4.69, 9.17) is 22.1 Å². The molecule has 0 aliphatic carbocycles. The van der Waals surface area contributed by atoms with E-state index in [2.05, 4.69) is 92.1 Å². The SMILES string of the molecule is Cc1cc(-c2cccc(C3CC(=O)Cc4cc(CC(=O)Oc5ccccc5)ccc4N3)c2)cc(C)n1.Cc1cc(-c2cccc(C3CC(=O)Cc4cc(N)ccc4N3)c2)cc(C)n1.O=C(Cl)Oc1ccccc1. The number of esters is 1. The molecule has 2 unspecified atom stereocenters. The summed E-state index contributed by atoms with van der Waals surface area (Å²) >= 11 is 4.95. The fourth-order valence-corrected chi connectivity index (χ4v) is 9.21. The van der Waals surface area contributed by atoms with Gasteiger partial charge in [0.25, 0.3) is 0 Å². The van der Waals surface area contributed by atoms with Gasteiger partial charge in [-0.2, -0.15) is 0 Å². The van der Waals surface area contributed by atoms with Crippen LogP contribution in [0, 0.1) is 27.7 Å². The molecule has 10 rings (SSSR count). The van der Waals surface area contributed by atoms with Crippen molar-refractivity contribution in [2.24, 2.45) is 0 Å². The zero-order chi connectivity index (χ0) is 51.4. The lowest BCUT2D eigenvalue weighted by atomic mass is 9.96. The molecule has 12 heteroatoms. The first-order valence-corrected chi connectivity index (χ1v) is 24.4. The third-order valence-electron chi connectivity index (χ3n) is 12.3. The van der Waals surface area contributed by atoms with Crippen molar-refractivity contribution in [3.05, 3.63) is 220 Å². The number of ether oxygens (including phenoxy) is 2. The molecule has 0 saturated carbocycles. The molecule has 2 aromatic heterocycles. The van der Waals surface area contributed by atoms with Crippen molar-refractivity contribution < 1.29 is 28.7 Å². The first kappa shape index (κ1) is 51.0. The molecule has 11 nitrogen and oxygen atoms in total. The summed E-state index contributed by atoms with van der Waals surface area (Å²) < 4.78 is 9.96. The lowest BCUT2D eigenvalue weighted by molar-refractivity contribution is -0.133. The fraction of sp³-hybridized carbons (Fsp3) is 0.180. The van der Waals surface area contributed by atoms with Gasteiger partial charge < -0.3 is 25.8 Å². The molecule has 0 bridgehead atoms. The van der Waals surface area contributed by atoms with E-state index in [9.17, 15) is 19.2 Å². The number of Topliss-reactive ketones (excluding diaryl/α,β-unsaturated/α-hetero) is 2. The number of benzene rings is 6. The van der Waals surface area contributed by atoms with Crippen molar-refractivity contribution in [3.63, 3.8) is 0 Å². The van der Waals surface area contributed by atoms with Crippen molar-refractivity contribution >= 4 is 51.6 Å². The van der Waals surface area contributed by atoms with Gasteiger partial charge in [0.1, 0.15) is 23.1 Å². The zero-order valence-electron chi connectivity index (χ0n) is 41.2. The zero-order valence-corrected chi connectivity index (χ0v) is 41.9. The topological polar surface area (TPSA) is 163 Å². The molecule has 6 aromatic carbocycles. The van der Waals surface area contributed by atoms with E-state index in [0.717, 1.165) is 84.2 Å². The van der Waals surface area contributed by atoms with Gasteiger partial charge in [0.05, 0.1) is 18.5 Å². The van der Waals surface area contributed by atoms with E-state index < -0.39 is 5.43 Å². The van der Waals surface area contributed by atoms with Gasteiger partial charge in [-0.25, -0.2) is 4.79 Å². The number of pyridine rings is 2. The maximum Gasteiger partial charge on any atom is 0.409 e. The summed E-state index contributed by atoms with van der Waals surface area (Å²) in [5, 5.41) is 7.12. The van der Waals surface area contributed by atoms with Gasteiger partial charge in [0.2, 0.25) is 0 Å². The van der Waals surface area contributed by atoms with Gasteiger partial charge in [-0.3, -0.25) is 24.4 Å². The summed E-state index contributed by atoms with van der Waals surface area (Å²) in [4.78, 5) is 56.9. The average Bonchev–Trinajstić information content (AvgIpc) is 3.63. The Labute approximate surface area is 430 Å². The van der Waals surface area contributed by atoms with Crippen LogP contribution < -0.4 is 25.8 Å². The first-order chi connectivity index (χ1) is 35.2. The predicted octanol–water partition coefficient (Wildman–Crippen LogP) is 13.2. The molecule has 0 fully saturated rings. The lowest BCUT2D eigenvalue weighted by Gasteiger charge is -2.19. The Bertz CT molecular complexity index is 3250. The van der Waals surface area contributed by atoms with Crippen LogP contribution in [0.1, 0.15) is 75.5 Å². The molecule has 2 aliphatic heterocycles. The number of nitrogens with two attached hydrogens (primary N) is 1. The molecule has 2 atom stereocenters. The van der Waals surface area contributed by atoms with Crippen molar-refractivity contribution in [1.82, 2.24) is 9.97 Å². The number of rotatable bonds is 8. The van der Waals surface area contributed by atoms with Gasteiger partial charge in [0, 0.05) is 77.1 Å². The van der Waals surface area contributed by atoms with Gasteiger partial charge in [-0.05, 0) is 163 Å². The lowest BCUT2D eigenvalue weighted by Crippen LogP contribution is -2.13. The Kier molecular flexibility index (Phi) is 16.5. The number of hydrogen-bond acceptors (Lipinski definition) is 11. The van der Waals surface area contributed by atoms with Crippen molar-refractivity contribution in [2.45, 2.75) is 71.9 Å². The van der Waals surface area contributed by atoms with Crippen LogP contribution in [-0.4, -0.2) is 32.9 Å². The average molecular weight is 991 g/mol. The van der Waals surface area contributed by atoms with E-state index in [-0.39, 0.29) is 36.0 Å². The minimum atomic E-state index is -0.814.